The molecular weight excluding hydrogens is 254 g/mol. The second-order valence-electron chi connectivity index (χ2n) is 5.55. The summed E-state index contributed by atoms with van der Waals surface area (Å²) in [6.07, 6.45) is 1.65. The molecule has 0 aromatic carbocycles. The highest BCUT2D eigenvalue weighted by atomic mass is 32.2. The fourth-order valence-corrected chi connectivity index (χ4v) is 4.37. The minimum Gasteiger partial charge on any atom is -0.481 e. The van der Waals surface area contributed by atoms with Crippen molar-refractivity contribution < 1.29 is 18.3 Å². The highest BCUT2D eigenvalue weighted by molar-refractivity contribution is 7.89. The van der Waals surface area contributed by atoms with E-state index in [1.54, 1.807) is 0 Å². The van der Waals surface area contributed by atoms with Gasteiger partial charge < -0.3 is 5.11 Å². The Balaban J connectivity index is 2.90. The van der Waals surface area contributed by atoms with Gasteiger partial charge in [0.1, 0.15) is 0 Å². The number of rotatable bonds is 5. The molecular formula is C12H23NO4S. The van der Waals surface area contributed by atoms with E-state index in [9.17, 15) is 18.3 Å². The Morgan fingerprint density at radius 1 is 1.44 bits per heavy atom. The van der Waals surface area contributed by atoms with Crippen LogP contribution >= 0.6 is 0 Å². The molecule has 0 aromatic rings. The maximum Gasteiger partial charge on any atom is 0.310 e. The molecule has 1 saturated heterocycles. The molecule has 18 heavy (non-hydrogen) atoms. The maximum atomic E-state index is 12.2. The van der Waals surface area contributed by atoms with Gasteiger partial charge in [0, 0.05) is 13.1 Å². The molecule has 0 aliphatic carbocycles. The normalized spacial score (nSPS) is 26.4. The van der Waals surface area contributed by atoms with E-state index in [1.165, 1.54) is 4.31 Å². The number of hydrogen-bond acceptors (Lipinski definition) is 3. The van der Waals surface area contributed by atoms with Crippen molar-refractivity contribution in [3.8, 4) is 0 Å². The van der Waals surface area contributed by atoms with Crippen LogP contribution in [0.2, 0.25) is 0 Å². The Morgan fingerprint density at radius 3 is 2.50 bits per heavy atom. The predicted molar refractivity (Wildman–Crippen MR) is 69.8 cm³/mol. The first-order valence-corrected chi connectivity index (χ1v) is 8.05. The van der Waals surface area contributed by atoms with E-state index in [1.807, 2.05) is 20.8 Å². The maximum absolute atomic E-state index is 12.2. The van der Waals surface area contributed by atoms with Gasteiger partial charge in [-0.3, -0.25) is 4.79 Å². The number of hydrogen-bond donors (Lipinski definition) is 1. The molecule has 1 rings (SSSR count). The fraction of sp³-hybridized carbons (Fsp3) is 0.917. The summed E-state index contributed by atoms with van der Waals surface area (Å²) in [5.74, 6) is -0.737. The molecule has 1 unspecified atom stereocenters. The average molecular weight is 277 g/mol. The standard InChI is InChI=1S/C12H23NO4S/c1-4-12(11(14)15)6-5-7-13(9-12)18(16,17)8-10(2)3/h10H,4-9H2,1-3H3,(H,14,15). The lowest BCUT2D eigenvalue weighted by molar-refractivity contribution is -0.151. The summed E-state index contributed by atoms with van der Waals surface area (Å²) < 4.78 is 25.7. The molecule has 0 saturated carbocycles. The lowest BCUT2D eigenvalue weighted by atomic mass is 9.78. The molecule has 1 fully saturated rings. The van der Waals surface area contributed by atoms with E-state index in [2.05, 4.69) is 0 Å². The van der Waals surface area contributed by atoms with Crippen molar-refractivity contribution in [2.24, 2.45) is 11.3 Å². The van der Waals surface area contributed by atoms with E-state index in [4.69, 9.17) is 0 Å². The number of sulfonamides is 1. The summed E-state index contributed by atoms with van der Waals surface area (Å²) >= 11 is 0. The van der Waals surface area contributed by atoms with Crippen LogP contribution in [0.1, 0.15) is 40.0 Å². The first-order chi connectivity index (χ1) is 8.23. The number of piperidine rings is 1. The molecule has 5 nitrogen and oxygen atoms in total. The van der Waals surface area contributed by atoms with Gasteiger partial charge in [-0.2, -0.15) is 0 Å². The molecule has 1 atom stereocenters. The zero-order chi connectivity index (χ0) is 14.0. The smallest absolute Gasteiger partial charge is 0.310 e. The van der Waals surface area contributed by atoms with Crippen LogP contribution in [-0.4, -0.2) is 42.6 Å². The van der Waals surface area contributed by atoms with Crippen LogP contribution < -0.4 is 0 Å². The van der Waals surface area contributed by atoms with E-state index < -0.39 is 21.4 Å². The van der Waals surface area contributed by atoms with Crippen LogP contribution in [0.3, 0.4) is 0 Å². The summed E-state index contributed by atoms with van der Waals surface area (Å²) in [4.78, 5) is 11.4. The van der Waals surface area contributed by atoms with Gasteiger partial charge in [0.15, 0.2) is 0 Å². The molecule has 1 aliphatic rings. The Morgan fingerprint density at radius 2 is 2.06 bits per heavy atom. The van der Waals surface area contributed by atoms with Crippen LogP contribution in [0.4, 0.5) is 0 Å². The molecule has 6 heteroatoms. The topological polar surface area (TPSA) is 74.7 Å². The predicted octanol–water partition coefficient (Wildman–Crippen LogP) is 1.55. The van der Waals surface area contributed by atoms with Gasteiger partial charge in [0.05, 0.1) is 11.2 Å². The third-order valence-electron chi connectivity index (χ3n) is 3.61. The molecule has 106 valence electrons. The average Bonchev–Trinajstić information content (AvgIpc) is 2.27. The summed E-state index contributed by atoms with van der Waals surface area (Å²) in [6.45, 7) is 6.09. The van der Waals surface area contributed by atoms with Gasteiger partial charge in [0.25, 0.3) is 0 Å². The SMILES string of the molecule is CCC1(C(=O)O)CCCN(S(=O)(=O)CC(C)C)C1. The fourth-order valence-electron chi connectivity index (χ4n) is 2.47. The highest BCUT2D eigenvalue weighted by Gasteiger charge is 2.43. The first kappa shape index (κ1) is 15.4. The second kappa shape index (κ2) is 5.57. The summed E-state index contributed by atoms with van der Waals surface area (Å²) in [5.41, 5.74) is -0.900. The number of carbonyl (C=O) groups is 1. The van der Waals surface area contributed by atoms with Gasteiger partial charge in [0.2, 0.25) is 10.0 Å². The van der Waals surface area contributed by atoms with Crippen molar-refractivity contribution in [1.82, 2.24) is 4.31 Å². The van der Waals surface area contributed by atoms with Crippen LogP contribution in [-0.2, 0) is 14.8 Å². The van der Waals surface area contributed by atoms with Crippen molar-refractivity contribution in [3.05, 3.63) is 0 Å². The van der Waals surface area contributed by atoms with Gasteiger partial charge in [-0.15, -0.1) is 0 Å². The molecule has 1 heterocycles. The zero-order valence-electron chi connectivity index (χ0n) is 11.3. The van der Waals surface area contributed by atoms with Crippen molar-refractivity contribution in [2.45, 2.75) is 40.0 Å². The molecule has 1 aliphatic heterocycles. The second-order valence-corrected chi connectivity index (χ2v) is 7.56. The summed E-state index contributed by atoms with van der Waals surface area (Å²) in [6, 6.07) is 0. The van der Waals surface area contributed by atoms with Gasteiger partial charge in [-0.05, 0) is 25.2 Å². The minimum absolute atomic E-state index is 0.0535. The summed E-state index contributed by atoms with van der Waals surface area (Å²) in [5, 5.41) is 9.33. The van der Waals surface area contributed by atoms with E-state index in [0.29, 0.717) is 25.8 Å². The molecule has 0 amide bonds. The number of carboxylic acids is 1. The van der Waals surface area contributed by atoms with Crippen molar-refractivity contribution in [1.29, 1.82) is 0 Å². The van der Waals surface area contributed by atoms with Crippen LogP contribution in [0.25, 0.3) is 0 Å². The molecule has 0 radical (unpaired) electrons. The van der Waals surface area contributed by atoms with Crippen LogP contribution in [0.15, 0.2) is 0 Å². The Bertz CT molecular complexity index is 404. The summed E-state index contributed by atoms with van der Waals surface area (Å²) in [7, 11) is -3.33. The first-order valence-electron chi connectivity index (χ1n) is 6.45. The third-order valence-corrected chi connectivity index (χ3v) is 5.80. The van der Waals surface area contributed by atoms with Crippen molar-refractivity contribution >= 4 is 16.0 Å². The minimum atomic E-state index is -3.33. The number of carboxylic acid groups (broad SMARTS) is 1. The van der Waals surface area contributed by atoms with Gasteiger partial charge >= 0.3 is 5.97 Å². The number of nitrogens with zero attached hydrogens (tertiary/aromatic N) is 1. The lowest BCUT2D eigenvalue weighted by Crippen LogP contribution is -2.50. The van der Waals surface area contributed by atoms with Gasteiger partial charge in [-0.1, -0.05) is 20.8 Å². The molecule has 1 N–H and O–H groups in total. The van der Waals surface area contributed by atoms with Crippen molar-refractivity contribution in [2.75, 3.05) is 18.8 Å². The number of aliphatic carboxylic acids is 1. The molecule has 0 bridgehead atoms. The largest absolute Gasteiger partial charge is 0.481 e. The van der Waals surface area contributed by atoms with Crippen molar-refractivity contribution in [3.63, 3.8) is 0 Å². The quantitative estimate of drug-likeness (QED) is 0.827. The Hall–Kier alpha value is -0.620. The molecule has 0 aromatic heterocycles. The third kappa shape index (κ3) is 3.23. The lowest BCUT2D eigenvalue weighted by Gasteiger charge is -2.38. The zero-order valence-corrected chi connectivity index (χ0v) is 12.2. The monoisotopic (exact) mass is 277 g/mol. The van der Waals surface area contributed by atoms with E-state index in [-0.39, 0.29) is 18.2 Å². The Kier molecular flexibility index (Phi) is 4.78. The van der Waals surface area contributed by atoms with E-state index in [0.717, 1.165) is 0 Å². The van der Waals surface area contributed by atoms with E-state index >= 15 is 0 Å². The molecule has 0 spiro atoms. The van der Waals surface area contributed by atoms with Gasteiger partial charge in [-0.25, -0.2) is 12.7 Å². The van der Waals surface area contributed by atoms with Crippen LogP contribution in [0.5, 0.6) is 0 Å². The van der Waals surface area contributed by atoms with Crippen LogP contribution in [0, 0.1) is 11.3 Å². The Labute approximate surface area is 109 Å². The highest BCUT2D eigenvalue weighted by Crippen LogP contribution is 2.35.